The third-order valence-electron chi connectivity index (χ3n) is 3.68. The fourth-order valence-electron chi connectivity index (χ4n) is 2.28. The number of aryl methyl sites for hydroxylation is 3. The van der Waals surface area contributed by atoms with Gasteiger partial charge >= 0.3 is 0 Å². The third kappa shape index (κ3) is 4.62. The lowest BCUT2D eigenvalue weighted by Gasteiger charge is -2.12. The molecule has 0 radical (unpaired) electrons. The van der Waals surface area contributed by atoms with Gasteiger partial charge in [0.15, 0.2) is 0 Å². The zero-order valence-corrected chi connectivity index (χ0v) is 13.5. The van der Waals surface area contributed by atoms with Crippen molar-refractivity contribution in [3.8, 4) is 5.75 Å². The molecule has 0 aliphatic carbocycles. The van der Waals surface area contributed by atoms with Crippen LogP contribution in [-0.2, 0) is 11.2 Å². The molecule has 2 aromatic rings. The van der Waals surface area contributed by atoms with Crippen molar-refractivity contribution < 1.29 is 9.53 Å². The van der Waals surface area contributed by atoms with E-state index in [2.05, 4.69) is 31.3 Å². The molecule has 1 amide bonds. The first kappa shape index (κ1) is 16.1. The molecule has 0 heterocycles. The summed E-state index contributed by atoms with van der Waals surface area (Å²) in [5.41, 5.74) is 4.62. The lowest BCUT2D eigenvalue weighted by molar-refractivity contribution is -0.120. The summed E-state index contributed by atoms with van der Waals surface area (Å²) < 4.78 is 5.76. The molecule has 22 heavy (non-hydrogen) atoms. The number of hydrogen-bond donors (Lipinski definition) is 1. The number of hydrogen-bond acceptors (Lipinski definition) is 2. The molecule has 0 aliphatic rings. The number of nitrogens with one attached hydrogen (secondary N) is 1. The maximum absolute atomic E-state index is 11.8. The van der Waals surface area contributed by atoms with Crippen molar-refractivity contribution in [2.75, 3.05) is 13.2 Å². The first-order valence-corrected chi connectivity index (χ1v) is 7.57. The van der Waals surface area contributed by atoms with Crippen molar-refractivity contribution in [2.45, 2.75) is 27.2 Å². The zero-order valence-electron chi connectivity index (χ0n) is 13.5. The number of ether oxygens (including phenoxy) is 1. The lowest BCUT2D eigenvalue weighted by atomic mass is 10.1. The predicted molar refractivity (Wildman–Crippen MR) is 89.3 cm³/mol. The summed E-state index contributed by atoms with van der Waals surface area (Å²) in [5, 5.41) is 2.88. The molecule has 2 rings (SSSR count). The van der Waals surface area contributed by atoms with Crippen molar-refractivity contribution in [3.05, 3.63) is 64.7 Å². The van der Waals surface area contributed by atoms with Crippen LogP contribution in [0.25, 0.3) is 0 Å². The molecule has 0 aromatic heterocycles. The van der Waals surface area contributed by atoms with E-state index in [0.717, 1.165) is 16.9 Å². The number of carbonyl (C=O) groups excluding carboxylic acids is 1. The minimum Gasteiger partial charge on any atom is -0.491 e. The second-order valence-electron chi connectivity index (χ2n) is 5.56. The molecule has 0 bridgehead atoms. The molecule has 0 spiro atoms. The Morgan fingerprint density at radius 3 is 2.41 bits per heavy atom. The van der Waals surface area contributed by atoms with Crippen molar-refractivity contribution in [1.82, 2.24) is 5.32 Å². The molecular formula is C19H23NO2. The molecule has 3 nitrogen and oxygen atoms in total. The second-order valence-corrected chi connectivity index (χ2v) is 5.56. The van der Waals surface area contributed by atoms with Crippen molar-refractivity contribution in [3.63, 3.8) is 0 Å². The van der Waals surface area contributed by atoms with Crippen LogP contribution in [0.2, 0.25) is 0 Å². The smallest absolute Gasteiger partial charge is 0.224 e. The number of carbonyl (C=O) groups is 1. The molecule has 0 saturated heterocycles. The first-order valence-electron chi connectivity index (χ1n) is 7.57. The maximum atomic E-state index is 11.8. The Bertz CT molecular complexity index is 635. The van der Waals surface area contributed by atoms with Gasteiger partial charge in [-0.2, -0.15) is 0 Å². The molecule has 0 unspecified atom stereocenters. The molecule has 0 saturated carbocycles. The molecular weight excluding hydrogens is 274 g/mol. The fraction of sp³-hybridized carbons (Fsp3) is 0.316. The highest BCUT2D eigenvalue weighted by Crippen LogP contribution is 2.22. The van der Waals surface area contributed by atoms with Gasteiger partial charge < -0.3 is 10.1 Å². The van der Waals surface area contributed by atoms with E-state index in [-0.39, 0.29) is 5.91 Å². The van der Waals surface area contributed by atoms with Crippen LogP contribution >= 0.6 is 0 Å². The fourth-order valence-corrected chi connectivity index (χ4v) is 2.28. The molecule has 0 aliphatic heterocycles. The van der Waals surface area contributed by atoms with E-state index in [4.69, 9.17) is 4.74 Å². The summed E-state index contributed by atoms with van der Waals surface area (Å²) in [6.45, 7) is 7.19. The standard InChI is InChI=1S/C19H23NO2/c1-14-11-16(3)18(12-15(14)2)22-10-9-20-19(21)13-17-7-5-4-6-8-17/h4-8,11-12H,9-10,13H2,1-3H3,(H,20,21). The average molecular weight is 297 g/mol. The topological polar surface area (TPSA) is 38.3 Å². The Kier molecular flexibility index (Phi) is 5.59. The minimum absolute atomic E-state index is 0.0200. The first-order chi connectivity index (χ1) is 10.6. The van der Waals surface area contributed by atoms with Crippen LogP contribution in [0, 0.1) is 20.8 Å². The summed E-state index contributed by atoms with van der Waals surface area (Å²) >= 11 is 0. The Balaban J connectivity index is 1.75. The lowest BCUT2D eigenvalue weighted by Crippen LogP contribution is -2.29. The minimum atomic E-state index is 0.0200. The van der Waals surface area contributed by atoms with Gasteiger partial charge in [-0.25, -0.2) is 0 Å². The van der Waals surface area contributed by atoms with Gasteiger partial charge in [0, 0.05) is 0 Å². The van der Waals surface area contributed by atoms with Crippen LogP contribution < -0.4 is 10.1 Å². The monoisotopic (exact) mass is 297 g/mol. The molecule has 3 heteroatoms. The van der Waals surface area contributed by atoms with E-state index >= 15 is 0 Å². The summed E-state index contributed by atoms with van der Waals surface area (Å²) in [5.74, 6) is 0.909. The Hall–Kier alpha value is -2.29. The van der Waals surface area contributed by atoms with Crippen LogP contribution in [0.3, 0.4) is 0 Å². The van der Waals surface area contributed by atoms with E-state index in [1.54, 1.807) is 0 Å². The quantitative estimate of drug-likeness (QED) is 0.830. The van der Waals surface area contributed by atoms with E-state index in [1.165, 1.54) is 11.1 Å². The van der Waals surface area contributed by atoms with Gasteiger partial charge in [-0.05, 0) is 49.1 Å². The normalized spacial score (nSPS) is 10.3. The van der Waals surface area contributed by atoms with E-state index in [9.17, 15) is 4.79 Å². The van der Waals surface area contributed by atoms with E-state index < -0.39 is 0 Å². The van der Waals surface area contributed by atoms with Gasteiger partial charge in [-0.15, -0.1) is 0 Å². The Labute approximate surface area is 132 Å². The van der Waals surface area contributed by atoms with E-state index in [0.29, 0.717) is 19.6 Å². The van der Waals surface area contributed by atoms with Gasteiger partial charge in [0.05, 0.1) is 13.0 Å². The predicted octanol–water partition coefficient (Wildman–Crippen LogP) is 3.35. The van der Waals surface area contributed by atoms with Crippen molar-refractivity contribution in [2.24, 2.45) is 0 Å². The highest BCUT2D eigenvalue weighted by atomic mass is 16.5. The molecule has 116 valence electrons. The Morgan fingerprint density at radius 2 is 1.68 bits per heavy atom. The SMILES string of the molecule is Cc1cc(C)c(OCCNC(=O)Cc2ccccc2)cc1C. The largest absolute Gasteiger partial charge is 0.491 e. The molecule has 0 fully saturated rings. The van der Waals surface area contributed by atoms with Gasteiger partial charge in [-0.3, -0.25) is 4.79 Å². The van der Waals surface area contributed by atoms with Gasteiger partial charge in [-0.1, -0.05) is 36.4 Å². The van der Waals surface area contributed by atoms with Gasteiger partial charge in [0.2, 0.25) is 5.91 Å². The van der Waals surface area contributed by atoms with Gasteiger partial charge in [0.1, 0.15) is 12.4 Å². The number of amides is 1. The van der Waals surface area contributed by atoms with Crippen LogP contribution in [0.1, 0.15) is 22.3 Å². The zero-order chi connectivity index (χ0) is 15.9. The van der Waals surface area contributed by atoms with Crippen molar-refractivity contribution in [1.29, 1.82) is 0 Å². The summed E-state index contributed by atoms with van der Waals surface area (Å²) in [4.78, 5) is 11.8. The Morgan fingerprint density at radius 1 is 1.00 bits per heavy atom. The second kappa shape index (κ2) is 7.64. The van der Waals surface area contributed by atoms with Gasteiger partial charge in [0.25, 0.3) is 0 Å². The van der Waals surface area contributed by atoms with Crippen LogP contribution in [0.5, 0.6) is 5.75 Å². The van der Waals surface area contributed by atoms with Crippen LogP contribution in [-0.4, -0.2) is 19.1 Å². The average Bonchev–Trinajstić information content (AvgIpc) is 2.49. The summed E-state index contributed by atoms with van der Waals surface area (Å²) in [6, 6.07) is 13.9. The molecule has 0 atom stereocenters. The maximum Gasteiger partial charge on any atom is 0.224 e. The highest BCUT2D eigenvalue weighted by Gasteiger charge is 2.04. The molecule has 2 aromatic carbocycles. The van der Waals surface area contributed by atoms with Crippen LogP contribution in [0.4, 0.5) is 0 Å². The number of benzene rings is 2. The van der Waals surface area contributed by atoms with Crippen LogP contribution in [0.15, 0.2) is 42.5 Å². The molecule has 1 N–H and O–H groups in total. The summed E-state index contributed by atoms with van der Waals surface area (Å²) in [7, 11) is 0. The number of rotatable bonds is 6. The highest BCUT2D eigenvalue weighted by molar-refractivity contribution is 5.78. The third-order valence-corrected chi connectivity index (χ3v) is 3.68. The summed E-state index contributed by atoms with van der Waals surface area (Å²) in [6.07, 6.45) is 0.406. The van der Waals surface area contributed by atoms with Crippen molar-refractivity contribution >= 4 is 5.91 Å². The van der Waals surface area contributed by atoms with E-state index in [1.807, 2.05) is 37.3 Å².